The molecule has 0 fully saturated rings. The van der Waals surface area contributed by atoms with E-state index >= 15 is 0 Å². The highest BCUT2D eigenvalue weighted by atomic mass is 32.1. The predicted molar refractivity (Wildman–Crippen MR) is 63.0 cm³/mol. The van der Waals surface area contributed by atoms with E-state index in [0.29, 0.717) is 5.82 Å². The first-order valence-corrected chi connectivity index (χ1v) is 5.87. The smallest absolute Gasteiger partial charge is 0.345 e. The van der Waals surface area contributed by atoms with Crippen LogP contribution in [0.15, 0.2) is 23.7 Å². The molecule has 5 nitrogen and oxygen atoms in total. The van der Waals surface area contributed by atoms with Crippen LogP contribution in [0.3, 0.4) is 0 Å². The summed E-state index contributed by atoms with van der Waals surface area (Å²) in [5.74, 6) is -0.588. The molecule has 0 aromatic carbocycles. The Balaban J connectivity index is 2.32. The number of rotatable bonds is 3. The van der Waals surface area contributed by atoms with Crippen LogP contribution in [0, 0.1) is 0 Å². The SMILES string of the molecule is CCOC(=O)c1cnc(-c2cccs2)nc1O. The Hall–Kier alpha value is -1.95. The van der Waals surface area contributed by atoms with Crippen molar-refractivity contribution in [3.63, 3.8) is 0 Å². The molecule has 0 amide bonds. The molecule has 0 spiro atoms. The summed E-state index contributed by atoms with van der Waals surface area (Å²) >= 11 is 1.46. The molecular weight excluding hydrogens is 240 g/mol. The van der Waals surface area contributed by atoms with Crippen molar-refractivity contribution in [2.24, 2.45) is 0 Å². The van der Waals surface area contributed by atoms with Crippen molar-refractivity contribution in [2.45, 2.75) is 6.92 Å². The van der Waals surface area contributed by atoms with Crippen molar-refractivity contribution in [1.29, 1.82) is 0 Å². The van der Waals surface area contributed by atoms with E-state index in [9.17, 15) is 9.90 Å². The molecule has 1 N–H and O–H groups in total. The van der Waals surface area contributed by atoms with Crippen LogP contribution in [0.5, 0.6) is 5.88 Å². The van der Waals surface area contributed by atoms with Crippen LogP contribution >= 0.6 is 11.3 Å². The first kappa shape index (κ1) is 11.5. The number of ether oxygens (including phenoxy) is 1. The molecule has 0 aliphatic carbocycles. The van der Waals surface area contributed by atoms with Gasteiger partial charge in [-0.2, -0.15) is 4.98 Å². The number of carbonyl (C=O) groups is 1. The molecule has 2 aromatic rings. The number of hydrogen-bond donors (Lipinski definition) is 1. The number of esters is 1. The summed E-state index contributed by atoms with van der Waals surface area (Å²) in [4.78, 5) is 20.1. The maximum Gasteiger partial charge on any atom is 0.345 e. The van der Waals surface area contributed by atoms with Crippen molar-refractivity contribution in [1.82, 2.24) is 9.97 Å². The lowest BCUT2D eigenvalue weighted by atomic mass is 10.3. The van der Waals surface area contributed by atoms with Crippen molar-refractivity contribution in [3.05, 3.63) is 29.3 Å². The van der Waals surface area contributed by atoms with Gasteiger partial charge in [0.05, 0.1) is 11.5 Å². The Morgan fingerprint density at radius 1 is 1.59 bits per heavy atom. The Morgan fingerprint density at radius 2 is 2.41 bits per heavy atom. The third kappa shape index (κ3) is 2.42. The minimum Gasteiger partial charge on any atom is -0.493 e. The van der Waals surface area contributed by atoms with E-state index in [-0.39, 0.29) is 18.1 Å². The number of aromatic hydroxyl groups is 1. The maximum absolute atomic E-state index is 11.4. The van der Waals surface area contributed by atoms with E-state index in [1.54, 1.807) is 6.92 Å². The van der Waals surface area contributed by atoms with E-state index in [1.165, 1.54) is 17.5 Å². The minimum absolute atomic E-state index is 0.0212. The van der Waals surface area contributed by atoms with Crippen molar-refractivity contribution in [2.75, 3.05) is 6.61 Å². The molecule has 0 aliphatic rings. The first-order chi connectivity index (χ1) is 8.22. The van der Waals surface area contributed by atoms with Gasteiger partial charge in [-0.3, -0.25) is 0 Å². The summed E-state index contributed by atoms with van der Waals surface area (Å²) in [6, 6.07) is 3.70. The molecule has 0 atom stereocenters. The fourth-order valence-corrected chi connectivity index (χ4v) is 1.91. The second-order valence-corrected chi connectivity index (χ2v) is 4.08. The largest absolute Gasteiger partial charge is 0.493 e. The highest BCUT2D eigenvalue weighted by molar-refractivity contribution is 7.13. The quantitative estimate of drug-likeness (QED) is 0.844. The zero-order valence-electron chi connectivity index (χ0n) is 9.08. The third-order valence-electron chi connectivity index (χ3n) is 2.01. The van der Waals surface area contributed by atoms with Crippen molar-refractivity contribution < 1.29 is 14.6 Å². The van der Waals surface area contributed by atoms with Gasteiger partial charge in [0.1, 0.15) is 5.56 Å². The Morgan fingerprint density at radius 3 is 3.00 bits per heavy atom. The van der Waals surface area contributed by atoms with Crippen LogP contribution in [0.4, 0.5) is 0 Å². The number of carbonyl (C=O) groups excluding carboxylic acids is 1. The van der Waals surface area contributed by atoms with Crippen LogP contribution in [0.1, 0.15) is 17.3 Å². The van der Waals surface area contributed by atoms with Gasteiger partial charge in [-0.05, 0) is 18.4 Å². The molecule has 0 radical (unpaired) electrons. The Kier molecular flexibility index (Phi) is 3.34. The molecule has 0 bridgehead atoms. The summed E-state index contributed by atoms with van der Waals surface area (Å²) in [5.41, 5.74) is -0.0212. The topological polar surface area (TPSA) is 72.3 Å². The van der Waals surface area contributed by atoms with E-state index < -0.39 is 5.97 Å². The molecule has 2 heterocycles. The molecule has 17 heavy (non-hydrogen) atoms. The van der Waals surface area contributed by atoms with Crippen LogP contribution in [-0.4, -0.2) is 27.7 Å². The second-order valence-electron chi connectivity index (χ2n) is 3.13. The molecule has 0 unspecified atom stereocenters. The van der Waals surface area contributed by atoms with Gasteiger partial charge in [0, 0.05) is 6.20 Å². The van der Waals surface area contributed by atoms with Crippen LogP contribution in [0.25, 0.3) is 10.7 Å². The highest BCUT2D eigenvalue weighted by Crippen LogP contribution is 2.24. The zero-order chi connectivity index (χ0) is 12.3. The molecular formula is C11H10N2O3S. The maximum atomic E-state index is 11.4. The monoisotopic (exact) mass is 250 g/mol. The lowest BCUT2D eigenvalue weighted by molar-refractivity contribution is 0.0521. The molecule has 88 valence electrons. The molecule has 0 saturated carbocycles. The van der Waals surface area contributed by atoms with Gasteiger partial charge in [0.25, 0.3) is 0 Å². The van der Waals surface area contributed by atoms with Crippen LogP contribution in [0.2, 0.25) is 0 Å². The van der Waals surface area contributed by atoms with Gasteiger partial charge in [-0.25, -0.2) is 9.78 Å². The lowest BCUT2D eigenvalue weighted by Gasteiger charge is -2.03. The second kappa shape index (κ2) is 4.92. The number of nitrogens with zero attached hydrogens (tertiary/aromatic N) is 2. The van der Waals surface area contributed by atoms with Crippen molar-refractivity contribution >= 4 is 17.3 Å². The molecule has 0 aliphatic heterocycles. The van der Waals surface area contributed by atoms with Crippen LogP contribution < -0.4 is 0 Å². The summed E-state index contributed by atoms with van der Waals surface area (Å²) in [6.07, 6.45) is 1.27. The first-order valence-electron chi connectivity index (χ1n) is 4.99. The van der Waals surface area contributed by atoms with E-state index in [4.69, 9.17) is 4.74 Å². The summed E-state index contributed by atoms with van der Waals surface area (Å²) in [5, 5.41) is 11.5. The van der Waals surface area contributed by atoms with Crippen molar-refractivity contribution in [3.8, 4) is 16.6 Å². The molecule has 2 rings (SSSR count). The van der Waals surface area contributed by atoms with Gasteiger partial charge in [0.2, 0.25) is 5.88 Å². The van der Waals surface area contributed by atoms with Gasteiger partial charge in [0.15, 0.2) is 5.82 Å². The third-order valence-corrected chi connectivity index (χ3v) is 2.87. The number of aromatic nitrogens is 2. The summed E-state index contributed by atoms with van der Waals surface area (Å²) < 4.78 is 4.76. The zero-order valence-corrected chi connectivity index (χ0v) is 9.90. The fourth-order valence-electron chi connectivity index (χ4n) is 1.25. The number of thiophene rings is 1. The minimum atomic E-state index is -0.622. The van der Waals surface area contributed by atoms with E-state index in [0.717, 1.165) is 4.88 Å². The average Bonchev–Trinajstić information content (AvgIpc) is 2.82. The number of hydrogen-bond acceptors (Lipinski definition) is 6. The summed E-state index contributed by atoms with van der Waals surface area (Å²) in [7, 11) is 0. The standard InChI is InChI=1S/C11H10N2O3S/c1-2-16-11(15)7-6-12-9(13-10(7)14)8-4-3-5-17-8/h3-6H,2H2,1H3,(H,12,13,14). The van der Waals surface area contributed by atoms with E-state index in [2.05, 4.69) is 9.97 Å². The predicted octanol–water partition coefficient (Wildman–Crippen LogP) is 2.09. The fraction of sp³-hybridized carbons (Fsp3) is 0.182. The molecule has 2 aromatic heterocycles. The Bertz CT molecular complexity index is 526. The highest BCUT2D eigenvalue weighted by Gasteiger charge is 2.15. The van der Waals surface area contributed by atoms with Gasteiger partial charge < -0.3 is 9.84 Å². The van der Waals surface area contributed by atoms with Gasteiger partial charge in [-0.15, -0.1) is 11.3 Å². The average molecular weight is 250 g/mol. The molecule has 6 heteroatoms. The van der Waals surface area contributed by atoms with E-state index in [1.807, 2.05) is 17.5 Å². The van der Waals surface area contributed by atoms with Gasteiger partial charge >= 0.3 is 5.97 Å². The molecule has 0 saturated heterocycles. The Labute approximate surface area is 102 Å². The summed E-state index contributed by atoms with van der Waals surface area (Å²) in [6.45, 7) is 1.93. The van der Waals surface area contributed by atoms with Crippen LogP contribution in [-0.2, 0) is 4.74 Å². The normalized spacial score (nSPS) is 10.2. The van der Waals surface area contributed by atoms with Gasteiger partial charge in [-0.1, -0.05) is 6.07 Å². The lowest BCUT2D eigenvalue weighted by Crippen LogP contribution is -2.06.